The van der Waals surface area contributed by atoms with Gasteiger partial charge in [-0.2, -0.15) is 0 Å². The molecule has 0 radical (unpaired) electrons. The van der Waals surface area contributed by atoms with Crippen molar-refractivity contribution in [2.24, 2.45) is 0 Å². The molecule has 0 fully saturated rings. The predicted octanol–water partition coefficient (Wildman–Crippen LogP) is 12.0. The van der Waals surface area contributed by atoms with E-state index in [1.807, 2.05) is 72.8 Å². The molecule has 10 rings (SSSR count). The van der Waals surface area contributed by atoms with E-state index in [0.717, 1.165) is 71.7 Å². The second-order valence-corrected chi connectivity index (χ2v) is 12.4. The fraction of sp³-hybridized carbons (Fsp3) is 0. The second-order valence-electron chi connectivity index (χ2n) is 12.4. The molecule has 0 N–H and O–H groups in total. The zero-order chi connectivity index (χ0) is 33.0. The zero-order valence-electron chi connectivity index (χ0n) is 26.7. The Hall–Kier alpha value is -6.85. The molecule has 0 saturated carbocycles. The minimum absolute atomic E-state index is 0.545. The lowest BCUT2D eigenvalue weighted by Crippen LogP contribution is -2.00. The average Bonchev–Trinajstić information content (AvgIpc) is 3.75. The number of fused-ring (bicyclic) bond motifs is 6. The Morgan fingerprint density at radius 3 is 1.60 bits per heavy atom. The molecule has 0 atom stereocenters. The van der Waals surface area contributed by atoms with Crippen LogP contribution < -0.4 is 0 Å². The third-order valence-electron chi connectivity index (χ3n) is 9.33. The van der Waals surface area contributed by atoms with Crippen molar-refractivity contribution in [1.82, 2.24) is 15.0 Å². The van der Waals surface area contributed by atoms with E-state index in [0.29, 0.717) is 17.5 Å². The van der Waals surface area contributed by atoms with Crippen LogP contribution in [0.25, 0.3) is 100 Å². The Morgan fingerprint density at radius 2 is 0.820 bits per heavy atom. The number of benzene rings is 7. The highest BCUT2D eigenvalue weighted by atomic mass is 16.3. The van der Waals surface area contributed by atoms with Gasteiger partial charge >= 0.3 is 0 Å². The predicted molar refractivity (Wildman–Crippen MR) is 202 cm³/mol. The van der Waals surface area contributed by atoms with Crippen LogP contribution in [0.15, 0.2) is 173 Å². The Morgan fingerprint density at radius 1 is 0.300 bits per heavy atom. The van der Waals surface area contributed by atoms with E-state index in [2.05, 4.69) is 91.0 Å². The Labute approximate surface area is 287 Å². The van der Waals surface area contributed by atoms with Gasteiger partial charge in [0.2, 0.25) is 0 Å². The fourth-order valence-electron chi connectivity index (χ4n) is 6.88. The summed E-state index contributed by atoms with van der Waals surface area (Å²) in [6.07, 6.45) is 0. The Kier molecular flexibility index (Phi) is 6.42. The van der Waals surface area contributed by atoms with Gasteiger partial charge in [-0.15, -0.1) is 0 Å². The van der Waals surface area contributed by atoms with Crippen LogP contribution >= 0.6 is 0 Å². The second kappa shape index (κ2) is 11.4. The molecule has 10 aromatic rings. The van der Waals surface area contributed by atoms with E-state index in [9.17, 15) is 0 Å². The first-order valence-corrected chi connectivity index (χ1v) is 16.6. The topological polar surface area (TPSA) is 65.0 Å². The summed E-state index contributed by atoms with van der Waals surface area (Å²) >= 11 is 0. The molecule has 0 aliphatic carbocycles. The summed E-state index contributed by atoms with van der Waals surface area (Å²) in [7, 11) is 0. The zero-order valence-corrected chi connectivity index (χ0v) is 26.7. The van der Waals surface area contributed by atoms with Gasteiger partial charge < -0.3 is 8.83 Å². The SMILES string of the molecule is c1ccc(-c2cccc(-c3cccc(-c4nc(-c5ccccc5)nc(-c5cccc6c5oc5cc7oc8ccccc8c7cc56)n4)c3)c2)cc1. The van der Waals surface area contributed by atoms with E-state index in [-0.39, 0.29) is 0 Å². The van der Waals surface area contributed by atoms with Gasteiger partial charge in [0.15, 0.2) is 17.5 Å². The van der Waals surface area contributed by atoms with E-state index in [1.165, 1.54) is 11.1 Å². The van der Waals surface area contributed by atoms with Crippen LogP contribution in [0.4, 0.5) is 0 Å². The minimum atomic E-state index is 0.545. The van der Waals surface area contributed by atoms with E-state index >= 15 is 0 Å². The minimum Gasteiger partial charge on any atom is -0.456 e. The smallest absolute Gasteiger partial charge is 0.167 e. The summed E-state index contributed by atoms with van der Waals surface area (Å²) in [6, 6.07) is 55.9. The summed E-state index contributed by atoms with van der Waals surface area (Å²) in [6.45, 7) is 0. The summed E-state index contributed by atoms with van der Waals surface area (Å²) in [5, 5.41) is 4.15. The molecular weight excluding hydrogens is 615 g/mol. The van der Waals surface area contributed by atoms with E-state index in [1.54, 1.807) is 0 Å². The van der Waals surface area contributed by atoms with Crippen molar-refractivity contribution in [1.29, 1.82) is 0 Å². The molecule has 3 aromatic heterocycles. The molecule has 0 saturated heterocycles. The summed E-state index contributed by atoms with van der Waals surface area (Å²) in [5.41, 5.74) is 10.3. The maximum atomic E-state index is 6.60. The Balaban J connectivity index is 1.13. The van der Waals surface area contributed by atoms with Crippen molar-refractivity contribution < 1.29 is 8.83 Å². The first-order chi connectivity index (χ1) is 24.7. The van der Waals surface area contributed by atoms with Gasteiger partial charge in [-0.25, -0.2) is 15.0 Å². The normalized spacial score (nSPS) is 11.6. The van der Waals surface area contributed by atoms with Crippen LogP contribution in [0, 0.1) is 0 Å². The number of rotatable bonds is 5. The van der Waals surface area contributed by atoms with Crippen molar-refractivity contribution >= 4 is 43.9 Å². The summed E-state index contributed by atoms with van der Waals surface area (Å²) < 4.78 is 12.8. The number of aromatic nitrogens is 3. The molecule has 0 aliphatic heterocycles. The highest BCUT2D eigenvalue weighted by molar-refractivity contribution is 6.16. The third kappa shape index (κ3) is 4.75. The third-order valence-corrected chi connectivity index (χ3v) is 9.33. The molecule has 3 heterocycles. The number of nitrogens with zero attached hydrogens (tertiary/aromatic N) is 3. The van der Waals surface area contributed by atoms with Gasteiger partial charge in [-0.3, -0.25) is 0 Å². The molecular formula is C45H27N3O2. The lowest BCUT2D eigenvalue weighted by atomic mass is 9.98. The summed E-state index contributed by atoms with van der Waals surface area (Å²) in [4.78, 5) is 15.2. The van der Waals surface area contributed by atoms with Crippen LogP contribution in [0.3, 0.4) is 0 Å². The van der Waals surface area contributed by atoms with Crippen molar-refractivity contribution in [2.45, 2.75) is 0 Å². The quantitative estimate of drug-likeness (QED) is 0.187. The van der Waals surface area contributed by atoms with E-state index < -0.39 is 0 Å². The Bertz CT molecular complexity index is 2870. The fourth-order valence-corrected chi connectivity index (χ4v) is 6.88. The number of hydrogen-bond acceptors (Lipinski definition) is 5. The van der Waals surface area contributed by atoms with Crippen LogP contribution in [0.1, 0.15) is 0 Å². The standard InChI is InChI=1S/C45H27N3O2/c1-3-12-28(13-4-1)30-16-9-17-31(24-30)32-18-10-19-33(25-32)44-46-43(29-14-5-2-6-15-29)47-45(48-44)36-22-11-21-35-38-26-37-34-20-7-8-23-39(34)49-40(37)27-41(38)50-42(35)36/h1-27H. The van der Waals surface area contributed by atoms with E-state index in [4.69, 9.17) is 23.8 Å². The molecule has 0 bridgehead atoms. The van der Waals surface area contributed by atoms with Gasteiger partial charge in [0, 0.05) is 38.7 Å². The van der Waals surface area contributed by atoms with Gasteiger partial charge in [0.05, 0.1) is 5.56 Å². The van der Waals surface area contributed by atoms with Crippen molar-refractivity contribution in [3.05, 3.63) is 164 Å². The molecule has 50 heavy (non-hydrogen) atoms. The number of furan rings is 2. The van der Waals surface area contributed by atoms with Crippen LogP contribution in [-0.4, -0.2) is 15.0 Å². The number of para-hydroxylation sites is 2. The lowest BCUT2D eigenvalue weighted by molar-refractivity contribution is 0.656. The van der Waals surface area contributed by atoms with Gasteiger partial charge in [-0.05, 0) is 52.6 Å². The average molecular weight is 642 g/mol. The molecule has 234 valence electrons. The molecule has 7 aromatic carbocycles. The van der Waals surface area contributed by atoms with Crippen LogP contribution in [-0.2, 0) is 0 Å². The largest absolute Gasteiger partial charge is 0.456 e. The first kappa shape index (κ1) is 28.2. The van der Waals surface area contributed by atoms with Gasteiger partial charge in [-0.1, -0.05) is 127 Å². The highest BCUT2D eigenvalue weighted by Gasteiger charge is 2.19. The van der Waals surface area contributed by atoms with Gasteiger partial charge in [0.1, 0.15) is 22.3 Å². The maximum absolute atomic E-state index is 6.60. The highest BCUT2D eigenvalue weighted by Crippen LogP contribution is 2.40. The van der Waals surface area contributed by atoms with Gasteiger partial charge in [0.25, 0.3) is 0 Å². The number of hydrogen-bond donors (Lipinski definition) is 0. The van der Waals surface area contributed by atoms with Crippen LogP contribution in [0.5, 0.6) is 0 Å². The van der Waals surface area contributed by atoms with Crippen molar-refractivity contribution in [3.63, 3.8) is 0 Å². The summed E-state index contributed by atoms with van der Waals surface area (Å²) in [5.74, 6) is 1.73. The van der Waals surface area contributed by atoms with Crippen molar-refractivity contribution in [3.8, 4) is 56.4 Å². The maximum Gasteiger partial charge on any atom is 0.167 e. The first-order valence-electron chi connectivity index (χ1n) is 16.6. The molecule has 0 amide bonds. The monoisotopic (exact) mass is 641 g/mol. The van der Waals surface area contributed by atoms with Crippen LogP contribution in [0.2, 0.25) is 0 Å². The lowest BCUT2D eigenvalue weighted by Gasteiger charge is -2.10. The molecule has 5 heteroatoms. The van der Waals surface area contributed by atoms with Crippen molar-refractivity contribution in [2.75, 3.05) is 0 Å². The molecule has 5 nitrogen and oxygen atoms in total. The molecule has 0 unspecified atom stereocenters. The molecule has 0 aliphatic rings. The molecule has 0 spiro atoms.